The quantitative estimate of drug-likeness (QED) is 0.425. The molecule has 1 saturated heterocycles. The van der Waals surface area contributed by atoms with Gasteiger partial charge in [-0.3, -0.25) is 4.79 Å². The zero-order chi connectivity index (χ0) is 22.4. The van der Waals surface area contributed by atoms with Gasteiger partial charge in [-0.15, -0.1) is 0 Å². The van der Waals surface area contributed by atoms with E-state index in [1.807, 2.05) is 54.3 Å². The Morgan fingerprint density at radius 3 is 2.58 bits per heavy atom. The summed E-state index contributed by atoms with van der Waals surface area (Å²) in [5, 5.41) is 8.78. The third-order valence-electron chi connectivity index (χ3n) is 5.95. The first-order valence-corrected chi connectivity index (χ1v) is 10.8. The Balaban J connectivity index is 1.25. The van der Waals surface area contributed by atoms with E-state index in [-0.39, 0.29) is 5.91 Å². The van der Waals surface area contributed by atoms with Gasteiger partial charge in [0.25, 0.3) is 11.7 Å². The molecule has 5 heterocycles. The fourth-order valence-corrected chi connectivity index (χ4v) is 4.32. The number of benzene rings is 1. The monoisotopic (exact) mass is 439 g/mol. The lowest BCUT2D eigenvalue weighted by atomic mass is 10.1. The maximum absolute atomic E-state index is 13.4. The average molecular weight is 439 g/mol. The van der Waals surface area contributed by atoms with Crippen LogP contribution in [0.15, 0.2) is 61.2 Å². The molecule has 1 aliphatic heterocycles. The number of aromatic nitrogens is 7. The van der Waals surface area contributed by atoms with Gasteiger partial charge in [0.15, 0.2) is 5.65 Å². The van der Waals surface area contributed by atoms with Crippen LogP contribution in [0.2, 0.25) is 0 Å². The number of amides is 1. The number of nitrogens with zero attached hydrogens (tertiary/aromatic N) is 9. The van der Waals surface area contributed by atoms with E-state index in [9.17, 15) is 4.79 Å². The number of carbonyl (C=O) groups is 1. The topological polar surface area (TPSA) is 96.8 Å². The van der Waals surface area contributed by atoms with Crippen molar-refractivity contribution < 1.29 is 4.79 Å². The van der Waals surface area contributed by atoms with Crippen LogP contribution >= 0.6 is 0 Å². The first kappa shape index (κ1) is 19.4. The van der Waals surface area contributed by atoms with E-state index in [1.54, 1.807) is 21.4 Å². The highest BCUT2D eigenvalue weighted by atomic mass is 16.2. The normalized spacial score (nSPS) is 14.3. The smallest absolute Gasteiger partial charge is 0.259 e. The minimum absolute atomic E-state index is 0.0563. The summed E-state index contributed by atoms with van der Waals surface area (Å²) in [6, 6.07) is 13.9. The van der Waals surface area contributed by atoms with Crippen LogP contribution in [0.5, 0.6) is 0 Å². The van der Waals surface area contributed by atoms with E-state index in [2.05, 4.69) is 30.0 Å². The molecule has 0 spiro atoms. The van der Waals surface area contributed by atoms with E-state index in [0.29, 0.717) is 43.2 Å². The molecule has 0 radical (unpaired) electrons. The van der Waals surface area contributed by atoms with Crippen LogP contribution in [0.4, 0.5) is 5.82 Å². The minimum atomic E-state index is -0.0563. The Morgan fingerprint density at radius 1 is 0.939 bits per heavy atom. The summed E-state index contributed by atoms with van der Waals surface area (Å²) in [5.74, 6) is 1.46. The number of anilines is 1. The van der Waals surface area contributed by atoms with Gasteiger partial charge < -0.3 is 9.80 Å². The molecule has 0 N–H and O–H groups in total. The van der Waals surface area contributed by atoms with Gasteiger partial charge in [0.05, 0.1) is 11.9 Å². The largest absolute Gasteiger partial charge is 0.353 e. The van der Waals surface area contributed by atoms with E-state index in [0.717, 1.165) is 22.8 Å². The maximum Gasteiger partial charge on any atom is 0.259 e. The van der Waals surface area contributed by atoms with E-state index in [4.69, 9.17) is 0 Å². The molecule has 5 aromatic rings. The standard InChI is InChI=1S/C23H21N9O/c1-16-13-20(32-23(28-16)25-15-27-32)29-9-11-30(12-10-29)22(33)18-14-26-31-19(7-8-24-21(18)31)17-5-3-2-4-6-17/h2-8,13-15H,9-12H2,1H3. The lowest BCUT2D eigenvalue weighted by molar-refractivity contribution is 0.0748. The van der Waals surface area contributed by atoms with Crippen molar-refractivity contribution in [3.05, 3.63) is 72.4 Å². The third-order valence-corrected chi connectivity index (χ3v) is 5.95. The molecule has 10 heteroatoms. The van der Waals surface area contributed by atoms with Crippen molar-refractivity contribution in [1.29, 1.82) is 0 Å². The fraction of sp³-hybridized carbons (Fsp3) is 0.217. The lowest BCUT2D eigenvalue weighted by Crippen LogP contribution is -2.49. The summed E-state index contributed by atoms with van der Waals surface area (Å²) in [6.07, 6.45) is 4.85. The first-order chi connectivity index (χ1) is 16.2. The second-order valence-corrected chi connectivity index (χ2v) is 8.00. The molecule has 0 saturated carbocycles. The highest BCUT2D eigenvalue weighted by molar-refractivity contribution is 6.00. The second kappa shape index (κ2) is 7.66. The summed E-state index contributed by atoms with van der Waals surface area (Å²) in [6.45, 7) is 4.50. The van der Waals surface area contributed by atoms with Crippen molar-refractivity contribution in [2.75, 3.05) is 31.1 Å². The van der Waals surface area contributed by atoms with Gasteiger partial charge in [0.2, 0.25) is 0 Å². The highest BCUT2D eigenvalue weighted by Crippen LogP contribution is 2.23. The fourth-order valence-electron chi connectivity index (χ4n) is 4.32. The number of hydrogen-bond donors (Lipinski definition) is 0. The number of rotatable bonds is 3. The number of aryl methyl sites for hydroxylation is 1. The van der Waals surface area contributed by atoms with Crippen LogP contribution in [0, 0.1) is 6.92 Å². The molecule has 164 valence electrons. The van der Waals surface area contributed by atoms with Gasteiger partial charge in [-0.05, 0) is 13.0 Å². The van der Waals surface area contributed by atoms with Crippen molar-refractivity contribution >= 4 is 23.1 Å². The Labute approximate surface area is 189 Å². The molecule has 6 rings (SSSR count). The van der Waals surface area contributed by atoms with Gasteiger partial charge in [0.1, 0.15) is 17.7 Å². The summed E-state index contributed by atoms with van der Waals surface area (Å²) in [7, 11) is 0. The molecule has 33 heavy (non-hydrogen) atoms. The molecule has 10 nitrogen and oxygen atoms in total. The Bertz CT molecular complexity index is 1470. The lowest BCUT2D eigenvalue weighted by Gasteiger charge is -2.35. The molecule has 0 aliphatic carbocycles. The van der Waals surface area contributed by atoms with Crippen LogP contribution in [0.25, 0.3) is 22.7 Å². The van der Waals surface area contributed by atoms with Crippen LogP contribution in [0.1, 0.15) is 16.1 Å². The van der Waals surface area contributed by atoms with Crippen molar-refractivity contribution in [3.8, 4) is 11.3 Å². The van der Waals surface area contributed by atoms with Crippen LogP contribution in [-0.4, -0.2) is 71.2 Å². The molecule has 0 unspecified atom stereocenters. The molecule has 0 bridgehead atoms. The third kappa shape index (κ3) is 3.27. The molecule has 1 aliphatic rings. The molecule has 4 aromatic heterocycles. The number of carbonyl (C=O) groups excluding carboxylic acids is 1. The molecule has 1 aromatic carbocycles. The summed E-state index contributed by atoms with van der Waals surface area (Å²) in [5.41, 5.74) is 3.88. The van der Waals surface area contributed by atoms with E-state index < -0.39 is 0 Å². The van der Waals surface area contributed by atoms with E-state index in [1.165, 1.54) is 6.33 Å². The Morgan fingerprint density at radius 2 is 1.76 bits per heavy atom. The molecular formula is C23H21N9O. The van der Waals surface area contributed by atoms with Crippen molar-refractivity contribution in [3.63, 3.8) is 0 Å². The summed E-state index contributed by atoms with van der Waals surface area (Å²) in [4.78, 5) is 30.5. The first-order valence-electron chi connectivity index (χ1n) is 10.8. The van der Waals surface area contributed by atoms with E-state index >= 15 is 0 Å². The van der Waals surface area contributed by atoms with Crippen molar-refractivity contribution in [2.45, 2.75) is 6.92 Å². The van der Waals surface area contributed by atoms with Crippen LogP contribution in [-0.2, 0) is 0 Å². The zero-order valence-corrected chi connectivity index (χ0v) is 18.0. The Kier molecular flexibility index (Phi) is 4.49. The maximum atomic E-state index is 13.4. The molecule has 0 atom stereocenters. The predicted molar refractivity (Wildman–Crippen MR) is 122 cm³/mol. The average Bonchev–Trinajstić information content (AvgIpc) is 3.51. The van der Waals surface area contributed by atoms with Crippen LogP contribution in [0.3, 0.4) is 0 Å². The predicted octanol–water partition coefficient (Wildman–Crippen LogP) is 2.10. The van der Waals surface area contributed by atoms with Crippen molar-refractivity contribution in [1.82, 2.24) is 39.1 Å². The minimum Gasteiger partial charge on any atom is -0.353 e. The highest BCUT2D eigenvalue weighted by Gasteiger charge is 2.27. The van der Waals surface area contributed by atoms with Gasteiger partial charge in [-0.1, -0.05) is 30.3 Å². The molecule has 1 amide bonds. The van der Waals surface area contributed by atoms with Gasteiger partial charge >= 0.3 is 0 Å². The van der Waals surface area contributed by atoms with Crippen molar-refractivity contribution in [2.24, 2.45) is 0 Å². The number of hydrogen-bond acceptors (Lipinski definition) is 7. The Hall–Kier alpha value is -4.34. The van der Waals surface area contributed by atoms with Gasteiger partial charge in [-0.25, -0.2) is 14.5 Å². The molecule has 1 fully saturated rings. The van der Waals surface area contributed by atoms with Gasteiger partial charge in [-0.2, -0.15) is 19.7 Å². The second-order valence-electron chi connectivity index (χ2n) is 8.00. The number of piperazine rings is 1. The molecular weight excluding hydrogens is 418 g/mol. The number of fused-ring (bicyclic) bond motifs is 2. The van der Waals surface area contributed by atoms with Gasteiger partial charge in [0, 0.05) is 49.7 Å². The zero-order valence-electron chi connectivity index (χ0n) is 18.0. The summed E-state index contributed by atoms with van der Waals surface area (Å²) < 4.78 is 3.48. The van der Waals surface area contributed by atoms with Crippen LogP contribution < -0.4 is 4.90 Å². The SMILES string of the molecule is Cc1cc(N2CCN(C(=O)c3cnn4c(-c5ccccc5)ccnc34)CC2)n2ncnc2n1. The summed E-state index contributed by atoms with van der Waals surface area (Å²) >= 11 is 0.